The van der Waals surface area contributed by atoms with E-state index >= 15 is 0 Å². The highest BCUT2D eigenvalue weighted by Gasteiger charge is 2.31. The summed E-state index contributed by atoms with van der Waals surface area (Å²) in [5.41, 5.74) is 5.56. The molecule has 1 unspecified atom stereocenters. The van der Waals surface area contributed by atoms with Gasteiger partial charge in [-0.1, -0.05) is 0 Å². The summed E-state index contributed by atoms with van der Waals surface area (Å²) in [5.74, 6) is 0.157. The van der Waals surface area contributed by atoms with Crippen LogP contribution < -0.4 is 10.3 Å². The highest BCUT2D eigenvalue weighted by molar-refractivity contribution is 5.99. The Kier molecular flexibility index (Phi) is 4.20. The van der Waals surface area contributed by atoms with Crippen LogP contribution >= 0.6 is 0 Å². The molecule has 2 atom stereocenters. The van der Waals surface area contributed by atoms with Crippen LogP contribution in [0.1, 0.15) is 47.4 Å². The molecule has 8 nitrogen and oxygen atoms in total. The predicted octanol–water partition coefficient (Wildman–Crippen LogP) is 2.13. The van der Waals surface area contributed by atoms with E-state index < -0.39 is 0 Å². The number of hydrogen-bond donors (Lipinski definition) is 1. The van der Waals surface area contributed by atoms with Crippen LogP contribution in [-0.4, -0.2) is 50.1 Å². The molecule has 0 radical (unpaired) electrons. The Morgan fingerprint density at radius 1 is 1.31 bits per heavy atom. The largest absolute Gasteiger partial charge is 0.349 e. The van der Waals surface area contributed by atoms with Crippen molar-refractivity contribution in [2.45, 2.75) is 38.3 Å². The summed E-state index contributed by atoms with van der Waals surface area (Å²) in [4.78, 5) is 24.2. The minimum Gasteiger partial charge on any atom is -0.349 e. The zero-order valence-corrected chi connectivity index (χ0v) is 16.3. The third kappa shape index (κ3) is 3.02. The second-order valence-corrected chi connectivity index (χ2v) is 7.76. The SMILES string of the molecule is CC1Cc2ncc(F)cc2[C@H]2CCCN2c2ccn3ncc(c3n2)C(=O)NN1C. The molecule has 3 aromatic heterocycles. The van der Waals surface area contributed by atoms with E-state index in [-0.39, 0.29) is 23.8 Å². The number of fused-ring (bicyclic) bond motifs is 5. The second-order valence-electron chi connectivity index (χ2n) is 7.76. The van der Waals surface area contributed by atoms with Crippen molar-refractivity contribution in [2.24, 2.45) is 0 Å². The van der Waals surface area contributed by atoms with Gasteiger partial charge in [0.25, 0.3) is 5.91 Å². The lowest BCUT2D eigenvalue weighted by Crippen LogP contribution is -2.45. The van der Waals surface area contributed by atoms with Gasteiger partial charge >= 0.3 is 0 Å². The highest BCUT2D eigenvalue weighted by atomic mass is 19.1. The molecular weight excluding hydrogens is 373 g/mol. The Morgan fingerprint density at radius 3 is 3.03 bits per heavy atom. The molecule has 2 aliphatic rings. The van der Waals surface area contributed by atoms with Crippen molar-refractivity contribution in [3.8, 4) is 0 Å². The van der Waals surface area contributed by atoms with Crippen LogP contribution in [0.5, 0.6) is 0 Å². The molecule has 0 saturated carbocycles. The molecule has 1 N–H and O–H groups in total. The van der Waals surface area contributed by atoms with E-state index in [1.54, 1.807) is 21.8 Å². The Balaban J connectivity index is 1.70. The van der Waals surface area contributed by atoms with Crippen molar-refractivity contribution >= 4 is 17.4 Å². The average molecular weight is 395 g/mol. The number of nitrogens with one attached hydrogen (secondary N) is 1. The summed E-state index contributed by atoms with van der Waals surface area (Å²) in [5, 5.41) is 6.02. The molecule has 9 heteroatoms. The van der Waals surface area contributed by atoms with E-state index in [0.29, 0.717) is 17.6 Å². The summed E-state index contributed by atoms with van der Waals surface area (Å²) in [6, 6.07) is 3.45. The van der Waals surface area contributed by atoms with E-state index in [1.165, 1.54) is 12.4 Å². The maximum absolute atomic E-state index is 14.1. The molecule has 0 aliphatic carbocycles. The molecular formula is C20H22FN7O. The zero-order chi connectivity index (χ0) is 20.1. The first kappa shape index (κ1) is 18.0. The molecule has 5 heterocycles. The molecule has 150 valence electrons. The van der Waals surface area contributed by atoms with E-state index in [1.807, 2.05) is 20.0 Å². The number of rotatable bonds is 0. The fourth-order valence-electron chi connectivity index (χ4n) is 4.23. The normalized spacial score (nSPS) is 22.6. The third-order valence-electron chi connectivity index (χ3n) is 5.90. The monoisotopic (exact) mass is 395 g/mol. The lowest BCUT2D eigenvalue weighted by atomic mass is 9.98. The number of pyridine rings is 1. The van der Waals surface area contributed by atoms with Gasteiger partial charge in [-0.05, 0) is 37.5 Å². The number of likely N-dealkylation sites (N-methyl/N-ethyl adjacent to an activating group) is 1. The molecule has 29 heavy (non-hydrogen) atoms. The number of amides is 1. The van der Waals surface area contributed by atoms with Gasteiger partial charge in [-0.3, -0.25) is 15.2 Å². The fraction of sp³-hybridized carbons (Fsp3) is 0.400. The standard InChI is InChI=1S/C20H22FN7O/c1-12-8-16-14(9-13(21)10-22-16)17-4-3-6-27(17)18-5-7-28-19(24-18)15(11-23-28)20(29)25-26(12)2/h5,7,9-12,17H,3-4,6,8H2,1-2H3,(H,25,29)/t12?,17-/m1/s1. The summed E-state index contributed by atoms with van der Waals surface area (Å²) < 4.78 is 15.7. The van der Waals surface area contributed by atoms with E-state index in [2.05, 4.69) is 20.4 Å². The molecule has 1 amide bonds. The Labute approximate surface area is 167 Å². The van der Waals surface area contributed by atoms with Crippen molar-refractivity contribution < 1.29 is 9.18 Å². The third-order valence-corrected chi connectivity index (χ3v) is 5.90. The molecule has 2 bridgehead atoms. The lowest BCUT2D eigenvalue weighted by molar-refractivity contribution is 0.0773. The second kappa shape index (κ2) is 6.77. The minimum absolute atomic E-state index is 0.00330. The van der Waals surface area contributed by atoms with Crippen molar-refractivity contribution in [1.82, 2.24) is 30.0 Å². The van der Waals surface area contributed by atoms with Crippen LogP contribution in [0.3, 0.4) is 0 Å². The lowest BCUT2D eigenvalue weighted by Gasteiger charge is -2.29. The van der Waals surface area contributed by atoms with Crippen molar-refractivity contribution in [1.29, 1.82) is 0 Å². The minimum atomic E-state index is -0.337. The number of nitrogens with zero attached hydrogens (tertiary/aromatic N) is 6. The number of halogens is 1. The number of hydrogen-bond acceptors (Lipinski definition) is 6. The van der Waals surface area contributed by atoms with Gasteiger partial charge < -0.3 is 4.90 Å². The molecule has 0 aromatic carbocycles. The average Bonchev–Trinajstić information content (AvgIpc) is 3.34. The van der Waals surface area contributed by atoms with Crippen LogP contribution in [0.15, 0.2) is 30.7 Å². The number of aromatic nitrogens is 4. The van der Waals surface area contributed by atoms with Gasteiger partial charge in [-0.25, -0.2) is 18.9 Å². The first-order chi connectivity index (χ1) is 14.0. The number of carbonyl (C=O) groups is 1. The van der Waals surface area contributed by atoms with Crippen LogP contribution in [0.4, 0.5) is 10.2 Å². The zero-order valence-electron chi connectivity index (χ0n) is 16.3. The van der Waals surface area contributed by atoms with E-state index in [9.17, 15) is 9.18 Å². The van der Waals surface area contributed by atoms with Gasteiger partial charge in [-0.15, -0.1) is 0 Å². The smallest absolute Gasteiger partial charge is 0.271 e. The predicted molar refractivity (Wildman–Crippen MR) is 105 cm³/mol. The van der Waals surface area contributed by atoms with Crippen LogP contribution in [0, 0.1) is 5.82 Å². The van der Waals surface area contributed by atoms with Crippen molar-refractivity contribution in [3.63, 3.8) is 0 Å². The van der Waals surface area contributed by atoms with Crippen molar-refractivity contribution in [3.05, 3.63) is 53.4 Å². The van der Waals surface area contributed by atoms with Crippen LogP contribution in [0.2, 0.25) is 0 Å². The summed E-state index contributed by atoms with van der Waals surface area (Å²) in [7, 11) is 1.82. The highest BCUT2D eigenvalue weighted by Crippen LogP contribution is 2.37. The molecule has 0 spiro atoms. The van der Waals surface area contributed by atoms with Crippen LogP contribution in [0.25, 0.3) is 5.65 Å². The summed E-state index contributed by atoms with van der Waals surface area (Å²) in [6.45, 7) is 2.82. The maximum Gasteiger partial charge on any atom is 0.271 e. The van der Waals surface area contributed by atoms with Gasteiger partial charge in [0.1, 0.15) is 17.2 Å². The van der Waals surface area contributed by atoms with E-state index in [4.69, 9.17) is 4.98 Å². The molecule has 5 rings (SSSR count). The Bertz CT molecular complexity index is 1100. The van der Waals surface area contributed by atoms with Gasteiger partial charge in [0, 0.05) is 37.9 Å². The van der Waals surface area contributed by atoms with E-state index in [0.717, 1.165) is 36.5 Å². The summed E-state index contributed by atoms with van der Waals surface area (Å²) in [6.07, 6.45) is 7.08. The molecule has 2 aliphatic heterocycles. The Hall–Kier alpha value is -3.07. The first-order valence-electron chi connectivity index (χ1n) is 9.80. The van der Waals surface area contributed by atoms with Crippen LogP contribution in [-0.2, 0) is 6.42 Å². The summed E-state index contributed by atoms with van der Waals surface area (Å²) >= 11 is 0. The Morgan fingerprint density at radius 2 is 2.17 bits per heavy atom. The molecule has 1 fully saturated rings. The quantitative estimate of drug-likeness (QED) is 0.628. The first-order valence-corrected chi connectivity index (χ1v) is 9.80. The van der Waals surface area contributed by atoms with Gasteiger partial charge in [0.2, 0.25) is 0 Å². The number of hydrazine groups is 1. The molecule has 3 aromatic rings. The number of carbonyl (C=O) groups excluding carboxylic acids is 1. The van der Waals surface area contributed by atoms with Gasteiger partial charge in [-0.2, -0.15) is 5.10 Å². The van der Waals surface area contributed by atoms with Gasteiger partial charge in [0.05, 0.1) is 18.4 Å². The topological polar surface area (TPSA) is 78.7 Å². The van der Waals surface area contributed by atoms with Crippen molar-refractivity contribution in [2.75, 3.05) is 18.5 Å². The van der Waals surface area contributed by atoms with Gasteiger partial charge in [0.15, 0.2) is 5.65 Å². The fourth-order valence-corrected chi connectivity index (χ4v) is 4.23. The number of anilines is 1. The maximum atomic E-state index is 14.1. The molecule has 1 saturated heterocycles.